The van der Waals surface area contributed by atoms with Crippen molar-refractivity contribution >= 4 is 37.3 Å². The molecule has 0 saturated heterocycles. The molecule has 0 aliphatic rings. The van der Waals surface area contributed by atoms with Crippen LogP contribution in [0.15, 0.2) is 95.9 Å². The second-order valence-corrected chi connectivity index (χ2v) is 9.86. The molecule has 5 rings (SSSR count). The van der Waals surface area contributed by atoms with Gasteiger partial charge in [0, 0.05) is 21.9 Å². The van der Waals surface area contributed by atoms with E-state index in [0.717, 1.165) is 23.6 Å². The van der Waals surface area contributed by atoms with E-state index in [-0.39, 0.29) is 28.3 Å². The third-order valence-electron chi connectivity index (χ3n) is 5.91. The van der Waals surface area contributed by atoms with Gasteiger partial charge in [0.2, 0.25) is 0 Å². The average molecular weight is 510 g/mol. The zero-order valence-electron chi connectivity index (χ0n) is 18.4. The van der Waals surface area contributed by atoms with Crippen LogP contribution >= 0.6 is 0 Å². The lowest BCUT2D eigenvalue weighted by Gasteiger charge is -2.17. The maximum absolute atomic E-state index is 13.2. The van der Waals surface area contributed by atoms with Gasteiger partial charge in [0.25, 0.3) is 10.0 Å². The molecule has 0 heterocycles. The van der Waals surface area contributed by atoms with Gasteiger partial charge in [0.1, 0.15) is 11.5 Å². The van der Waals surface area contributed by atoms with Gasteiger partial charge in [-0.2, -0.15) is 13.2 Å². The van der Waals surface area contributed by atoms with Crippen LogP contribution in [-0.2, 0) is 16.2 Å². The van der Waals surface area contributed by atoms with E-state index in [9.17, 15) is 31.8 Å². The molecule has 36 heavy (non-hydrogen) atoms. The SMILES string of the molecule is O=S(=O)(Nc1cc(-c2c(O)ccc3ccccc23)c(O)c2ccccc12)c1cccc(C(F)(F)F)c1. The average Bonchev–Trinajstić information content (AvgIpc) is 2.85. The van der Waals surface area contributed by atoms with Crippen molar-refractivity contribution in [2.75, 3.05) is 4.72 Å². The molecule has 0 spiro atoms. The third-order valence-corrected chi connectivity index (χ3v) is 7.27. The number of hydrogen-bond donors (Lipinski definition) is 3. The smallest absolute Gasteiger partial charge is 0.416 e. The van der Waals surface area contributed by atoms with E-state index < -0.39 is 26.7 Å². The second kappa shape index (κ2) is 8.46. The summed E-state index contributed by atoms with van der Waals surface area (Å²) in [6, 6.07) is 21.6. The van der Waals surface area contributed by atoms with Gasteiger partial charge in [0.05, 0.1) is 16.1 Å². The lowest BCUT2D eigenvalue weighted by Crippen LogP contribution is -2.15. The molecule has 0 bridgehead atoms. The molecule has 0 saturated carbocycles. The van der Waals surface area contributed by atoms with Crippen molar-refractivity contribution in [2.45, 2.75) is 11.1 Å². The zero-order valence-corrected chi connectivity index (χ0v) is 19.2. The standard InChI is InChI=1S/C27H18F3NO4S/c28-27(29,30)17-7-5-8-18(14-17)36(34,35)31-23-15-22(26(33)21-11-4-3-10-20(21)23)25-19-9-2-1-6-16(19)12-13-24(25)32/h1-15,31-33H. The number of hydrogen-bond acceptors (Lipinski definition) is 4. The van der Waals surface area contributed by atoms with Gasteiger partial charge < -0.3 is 10.2 Å². The first-order valence-electron chi connectivity index (χ1n) is 10.7. The van der Waals surface area contributed by atoms with Crippen molar-refractivity contribution in [1.29, 1.82) is 0 Å². The summed E-state index contributed by atoms with van der Waals surface area (Å²) in [7, 11) is -4.45. The van der Waals surface area contributed by atoms with E-state index in [1.165, 1.54) is 12.1 Å². The van der Waals surface area contributed by atoms with Crippen LogP contribution in [0.3, 0.4) is 0 Å². The molecular formula is C27H18F3NO4S. The number of phenols is 2. The molecule has 0 atom stereocenters. The molecule has 0 fully saturated rings. The summed E-state index contributed by atoms with van der Waals surface area (Å²) in [4.78, 5) is -0.566. The largest absolute Gasteiger partial charge is 0.507 e. The first-order chi connectivity index (χ1) is 17.1. The molecular weight excluding hydrogens is 491 g/mol. The number of phenolic OH excluding ortho intramolecular Hbond substituents is 2. The number of aromatic hydroxyl groups is 2. The number of halogens is 3. The molecule has 0 unspecified atom stereocenters. The highest BCUT2D eigenvalue weighted by molar-refractivity contribution is 7.92. The Balaban J connectivity index is 1.73. The van der Waals surface area contributed by atoms with Gasteiger partial charge in [-0.3, -0.25) is 4.72 Å². The Morgan fingerprint density at radius 3 is 2.11 bits per heavy atom. The van der Waals surface area contributed by atoms with Gasteiger partial charge in [-0.25, -0.2) is 8.42 Å². The molecule has 5 nitrogen and oxygen atoms in total. The van der Waals surface area contributed by atoms with Crippen molar-refractivity contribution in [3.8, 4) is 22.6 Å². The molecule has 0 aromatic heterocycles. The van der Waals surface area contributed by atoms with Gasteiger partial charge in [-0.1, -0.05) is 60.7 Å². The summed E-state index contributed by atoms with van der Waals surface area (Å²) in [6.07, 6.45) is -4.71. The number of benzene rings is 5. The van der Waals surface area contributed by atoms with E-state index in [0.29, 0.717) is 22.2 Å². The fourth-order valence-electron chi connectivity index (χ4n) is 4.22. The Morgan fingerprint density at radius 2 is 1.39 bits per heavy atom. The minimum atomic E-state index is -4.71. The van der Waals surface area contributed by atoms with Crippen LogP contribution in [0, 0.1) is 0 Å². The maximum atomic E-state index is 13.2. The number of fused-ring (bicyclic) bond motifs is 2. The van der Waals surface area contributed by atoms with Crippen LogP contribution < -0.4 is 4.72 Å². The highest BCUT2D eigenvalue weighted by Gasteiger charge is 2.32. The van der Waals surface area contributed by atoms with Gasteiger partial charge in [-0.05, 0) is 41.1 Å². The van der Waals surface area contributed by atoms with Gasteiger partial charge >= 0.3 is 6.18 Å². The quantitative estimate of drug-likeness (QED) is 0.230. The van der Waals surface area contributed by atoms with E-state index in [2.05, 4.69) is 4.72 Å². The van der Waals surface area contributed by atoms with Crippen LogP contribution in [0.1, 0.15) is 5.56 Å². The van der Waals surface area contributed by atoms with Crippen molar-refractivity contribution in [1.82, 2.24) is 0 Å². The summed E-state index contributed by atoms with van der Waals surface area (Å²) in [6.45, 7) is 0. The highest BCUT2D eigenvalue weighted by Crippen LogP contribution is 2.46. The summed E-state index contributed by atoms with van der Waals surface area (Å²) < 4.78 is 68.2. The maximum Gasteiger partial charge on any atom is 0.416 e. The zero-order chi connectivity index (χ0) is 25.7. The molecule has 0 amide bonds. The minimum Gasteiger partial charge on any atom is -0.507 e. The molecule has 9 heteroatoms. The van der Waals surface area contributed by atoms with E-state index >= 15 is 0 Å². The van der Waals surface area contributed by atoms with Crippen molar-refractivity contribution in [2.24, 2.45) is 0 Å². The van der Waals surface area contributed by atoms with E-state index in [1.807, 2.05) is 12.1 Å². The number of anilines is 1. The molecule has 182 valence electrons. The second-order valence-electron chi connectivity index (χ2n) is 8.18. The van der Waals surface area contributed by atoms with Crippen molar-refractivity contribution in [3.05, 3.63) is 96.6 Å². The summed E-state index contributed by atoms with van der Waals surface area (Å²) in [5.74, 6) is -0.315. The number of sulfonamides is 1. The van der Waals surface area contributed by atoms with Gasteiger partial charge in [-0.15, -0.1) is 0 Å². The Labute approximate surface area is 204 Å². The predicted octanol–water partition coefficient (Wildman–Crippen LogP) is 6.89. The van der Waals surface area contributed by atoms with Crippen molar-refractivity contribution < 1.29 is 31.8 Å². The Bertz CT molecular complexity index is 1750. The molecule has 3 N–H and O–H groups in total. The summed E-state index contributed by atoms with van der Waals surface area (Å²) in [5, 5.41) is 23.9. The first kappa shape index (κ1) is 23.5. The fourth-order valence-corrected chi connectivity index (χ4v) is 5.34. The lowest BCUT2D eigenvalue weighted by molar-refractivity contribution is -0.137. The van der Waals surface area contributed by atoms with Crippen LogP contribution in [0.5, 0.6) is 11.5 Å². The van der Waals surface area contributed by atoms with Crippen molar-refractivity contribution in [3.63, 3.8) is 0 Å². The number of rotatable bonds is 4. The van der Waals surface area contributed by atoms with Crippen LogP contribution in [-0.4, -0.2) is 18.6 Å². The summed E-state index contributed by atoms with van der Waals surface area (Å²) >= 11 is 0. The normalized spacial score (nSPS) is 12.2. The summed E-state index contributed by atoms with van der Waals surface area (Å²) in [5.41, 5.74) is -0.619. The number of alkyl halides is 3. The molecule has 5 aromatic carbocycles. The molecule has 5 aromatic rings. The van der Waals surface area contributed by atoms with E-state index in [4.69, 9.17) is 0 Å². The predicted molar refractivity (Wildman–Crippen MR) is 132 cm³/mol. The van der Waals surface area contributed by atoms with Crippen LogP contribution in [0.4, 0.5) is 18.9 Å². The number of nitrogens with one attached hydrogen (secondary N) is 1. The topological polar surface area (TPSA) is 86.6 Å². The first-order valence-corrected chi connectivity index (χ1v) is 12.2. The monoisotopic (exact) mass is 509 g/mol. The Morgan fingerprint density at radius 1 is 0.722 bits per heavy atom. The molecule has 0 aliphatic carbocycles. The lowest BCUT2D eigenvalue weighted by atomic mass is 9.93. The molecule has 0 radical (unpaired) electrons. The van der Waals surface area contributed by atoms with Gasteiger partial charge in [0.15, 0.2) is 0 Å². The highest BCUT2D eigenvalue weighted by atomic mass is 32.2. The molecule has 0 aliphatic heterocycles. The fraction of sp³-hybridized carbons (Fsp3) is 0.0370. The third kappa shape index (κ3) is 4.07. The Kier molecular flexibility index (Phi) is 5.52. The Hall–Kier alpha value is -4.24. The minimum absolute atomic E-state index is 0.0307. The van der Waals surface area contributed by atoms with Crippen LogP contribution in [0.25, 0.3) is 32.7 Å². The van der Waals surface area contributed by atoms with Crippen LogP contribution in [0.2, 0.25) is 0 Å². The van der Waals surface area contributed by atoms with E-state index in [1.54, 1.807) is 42.5 Å².